The molecule has 1 aromatic carbocycles. The molecule has 0 aromatic heterocycles. The third kappa shape index (κ3) is 5.43. The predicted octanol–water partition coefficient (Wildman–Crippen LogP) is 2.44. The second-order valence-corrected chi connectivity index (χ2v) is 10.6. The SMILES string of the molecule is O=C(CCN1C(=O)[C@@H]2CCCC[C@H]2C1=O)Nc1ccc(S(=O)(=O)NC2=NCCCCC2)cc1. The Kier molecular flexibility index (Phi) is 7.11. The molecule has 1 saturated carbocycles. The number of amidine groups is 1. The number of hydrogen-bond acceptors (Lipinski definition) is 6. The molecule has 1 aromatic rings. The van der Waals surface area contributed by atoms with Crippen LogP contribution in [0.15, 0.2) is 34.2 Å². The summed E-state index contributed by atoms with van der Waals surface area (Å²) >= 11 is 0. The van der Waals surface area contributed by atoms with Gasteiger partial charge in [-0.3, -0.25) is 29.0 Å². The molecule has 1 aliphatic carbocycles. The van der Waals surface area contributed by atoms with E-state index in [4.69, 9.17) is 0 Å². The van der Waals surface area contributed by atoms with Crippen LogP contribution in [0.2, 0.25) is 0 Å². The maximum absolute atomic E-state index is 12.6. The van der Waals surface area contributed by atoms with Crippen molar-refractivity contribution in [1.29, 1.82) is 0 Å². The van der Waals surface area contributed by atoms with E-state index in [9.17, 15) is 22.8 Å². The lowest BCUT2D eigenvalue weighted by atomic mass is 9.81. The summed E-state index contributed by atoms with van der Waals surface area (Å²) in [7, 11) is -3.74. The number of anilines is 1. The van der Waals surface area contributed by atoms with E-state index in [1.165, 1.54) is 29.2 Å². The second kappa shape index (κ2) is 10.0. The fourth-order valence-electron chi connectivity index (χ4n) is 4.78. The van der Waals surface area contributed by atoms with Crippen molar-refractivity contribution in [3.05, 3.63) is 24.3 Å². The number of aliphatic imine (C=N–C) groups is 1. The molecule has 1 saturated heterocycles. The maximum Gasteiger partial charge on any atom is 0.262 e. The van der Waals surface area contributed by atoms with Crippen molar-refractivity contribution in [3.63, 3.8) is 0 Å². The molecule has 178 valence electrons. The largest absolute Gasteiger partial charge is 0.326 e. The summed E-state index contributed by atoms with van der Waals surface area (Å²) in [6.45, 7) is 0.688. The number of likely N-dealkylation sites (tertiary alicyclic amines) is 1. The van der Waals surface area contributed by atoms with Crippen LogP contribution in [0.25, 0.3) is 0 Å². The van der Waals surface area contributed by atoms with Crippen LogP contribution in [0.3, 0.4) is 0 Å². The summed E-state index contributed by atoms with van der Waals surface area (Å²) in [5, 5.41) is 2.70. The van der Waals surface area contributed by atoms with Gasteiger partial charge in [0.1, 0.15) is 5.84 Å². The molecule has 0 spiro atoms. The monoisotopic (exact) mass is 474 g/mol. The zero-order valence-electron chi connectivity index (χ0n) is 18.6. The molecule has 10 heteroatoms. The first-order valence-corrected chi connectivity index (χ1v) is 13.1. The lowest BCUT2D eigenvalue weighted by molar-refractivity contribution is -0.140. The summed E-state index contributed by atoms with van der Waals surface area (Å²) in [6.07, 6.45) is 6.92. The lowest BCUT2D eigenvalue weighted by Crippen LogP contribution is -2.34. The molecule has 3 amide bonds. The molecule has 2 atom stereocenters. The summed E-state index contributed by atoms with van der Waals surface area (Å²) in [5.41, 5.74) is 0.443. The van der Waals surface area contributed by atoms with Crippen LogP contribution in [0.5, 0.6) is 0 Å². The number of nitrogens with zero attached hydrogens (tertiary/aromatic N) is 2. The van der Waals surface area contributed by atoms with E-state index >= 15 is 0 Å². The van der Waals surface area contributed by atoms with Gasteiger partial charge in [-0.15, -0.1) is 0 Å². The Labute approximate surface area is 194 Å². The second-order valence-electron chi connectivity index (χ2n) is 8.89. The standard InChI is InChI=1S/C23H30N4O5S/c28-21(13-15-27-22(29)18-6-3-4-7-19(18)23(27)30)25-16-9-11-17(12-10-16)33(31,32)26-20-8-2-1-5-14-24-20/h9-12,18-19H,1-8,13-15H2,(H,24,26)(H,25,28)/t18-,19-/m1/s1. The molecule has 2 fully saturated rings. The molecule has 33 heavy (non-hydrogen) atoms. The maximum atomic E-state index is 12.6. The van der Waals surface area contributed by atoms with Gasteiger partial charge < -0.3 is 5.32 Å². The molecule has 2 N–H and O–H groups in total. The molecule has 0 unspecified atom stereocenters. The Morgan fingerprint density at radius 3 is 2.30 bits per heavy atom. The van der Waals surface area contributed by atoms with Gasteiger partial charge in [-0.25, -0.2) is 8.42 Å². The average Bonchev–Trinajstić information content (AvgIpc) is 2.95. The first kappa shape index (κ1) is 23.4. The third-order valence-corrected chi connectivity index (χ3v) is 7.97. The van der Waals surface area contributed by atoms with E-state index < -0.39 is 10.0 Å². The summed E-state index contributed by atoms with van der Waals surface area (Å²) in [6, 6.07) is 5.88. The van der Waals surface area contributed by atoms with Crippen molar-refractivity contribution in [1.82, 2.24) is 9.62 Å². The number of carbonyl (C=O) groups is 3. The number of rotatable bonds is 6. The Hall–Kier alpha value is -2.75. The Morgan fingerprint density at radius 1 is 0.970 bits per heavy atom. The summed E-state index contributed by atoms with van der Waals surface area (Å²) in [4.78, 5) is 43.0. The molecule has 2 aliphatic heterocycles. The van der Waals surface area contributed by atoms with Gasteiger partial charge in [0.05, 0.1) is 16.7 Å². The molecular formula is C23H30N4O5S. The number of nitrogens with one attached hydrogen (secondary N) is 2. The van der Waals surface area contributed by atoms with E-state index in [0.29, 0.717) is 24.5 Å². The first-order valence-electron chi connectivity index (χ1n) is 11.7. The van der Waals surface area contributed by atoms with Gasteiger partial charge in [0, 0.05) is 31.6 Å². The third-order valence-electron chi connectivity index (χ3n) is 6.57. The van der Waals surface area contributed by atoms with Crippen molar-refractivity contribution in [2.45, 2.75) is 62.7 Å². The van der Waals surface area contributed by atoms with Crippen LogP contribution in [-0.4, -0.2) is 50.0 Å². The number of imide groups is 1. The molecule has 0 radical (unpaired) electrons. The fourth-order valence-corrected chi connectivity index (χ4v) is 5.87. The van der Waals surface area contributed by atoms with Crippen molar-refractivity contribution in [2.24, 2.45) is 16.8 Å². The Bertz CT molecular complexity index is 1030. The van der Waals surface area contributed by atoms with Crippen LogP contribution in [0, 0.1) is 11.8 Å². The van der Waals surface area contributed by atoms with Gasteiger partial charge in [-0.1, -0.05) is 19.3 Å². The van der Waals surface area contributed by atoms with E-state index in [0.717, 1.165) is 44.9 Å². The minimum Gasteiger partial charge on any atom is -0.326 e. The molecule has 0 bridgehead atoms. The van der Waals surface area contributed by atoms with E-state index in [1.807, 2.05) is 0 Å². The molecular weight excluding hydrogens is 444 g/mol. The highest BCUT2D eigenvalue weighted by atomic mass is 32.2. The zero-order valence-corrected chi connectivity index (χ0v) is 19.4. The highest BCUT2D eigenvalue weighted by Crippen LogP contribution is 2.38. The summed E-state index contributed by atoms with van der Waals surface area (Å²) in [5.74, 6) is -0.610. The number of fused-ring (bicyclic) bond motifs is 1. The summed E-state index contributed by atoms with van der Waals surface area (Å²) < 4.78 is 27.8. The number of sulfonamides is 1. The van der Waals surface area contributed by atoms with Crippen LogP contribution in [-0.2, 0) is 24.4 Å². The number of hydrogen-bond donors (Lipinski definition) is 2. The van der Waals surface area contributed by atoms with E-state index in [2.05, 4.69) is 15.0 Å². The van der Waals surface area contributed by atoms with E-state index in [-0.39, 0.29) is 47.4 Å². The first-order chi connectivity index (χ1) is 15.8. The van der Waals surface area contributed by atoms with Gasteiger partial charge in [-0.2, -0.15) is 0 Å². The fraction of sp³-hybridized carbons (Fsp3) is 0.565. The van der Waals surface area contributed by atoms with Gasteiger partial charge in [0.25, 0.3) is 10.0 Å². The van der Waals surface area contributed by atoms with Gasteiger partial charge in [0.2, 0.25) is 17.7 Å². The highest BCUT2D eigenvalue weighted by Gasteiger charge is 2.47. The van der Waals surface area contributed by atoms with Crippen molar-refractivity contribution >= 4 is 39.3 Å². The van der Waals surface area contributed by atoms with Crippen LogP contribution in [0.4, 0.5) is 5.69 Å². The molecule has 4 rings (SSSR count). The van der Waals surface area contributed by atoms with Crippen LogP contribution < -0.4 is 10.0 Å². The van der Waals surface area contributed by atoms with Crippen molar-refractivity contribution in [3.8, 4) is 0 Å². The van der Waals surface area contributed by atoms with E-state index in [1.54, 1.807) is 0 Å². The number of benzene rings is 1. The number of carbonyl (C=O) groups excluding carboxylic acids is 3. The molecule has 9 nitrogen and oxygen atoms in total. The molecule has 2 heterocycles. The zero-order chi connectivity index (χ0) is 23.4. The van der Waals surface area contributed by atoms with Crippen LogP contribution in [0.1, 0.15) is 57.8 Å². The quantitative estimate of drug-likeness (QED) is 0.613. The molecule has 3 aliphatic rings. The van der Waals surface area contributed by atoms with Crippen LogP contribution >= 0.6 is 0 Å². The van der Waals surface area contributed by atoms with Gasteiger partial charge in [0.15, 0.2) is 0 Å². The average molecular weight is 475 g/mol. The minimum absolute atomic E-state index is 0.00164. The van der Waals surface area contributed by atoms with Crippen molar-refractivity contribution < 1.29 is 22.8 Å². The Morgan fingerprint density at radius 2 is 1.64 bits per heavy atom. The van der Waals surface area contributed by atoms with Gasteiger partial charge in [-0.05, 0) is 49.9 Å². The Balaban J connectivity index is 1.30. The van der Waals surface area contributed by atoms with Gasteiger partial charge >= 0.3 is 0 Å². The topological polar surface area (TPSA) is 125 Å². The lowest BCUT2D eigenvalue weighted by Gasteiger charge is -2.19. The number of amides is 3. The van der Waals surface area contributed by atoms with Crippen molar-refractivity contribution in [2.75, 3.05) is 18.4 Å². The minimum atomic E-state index is -3.74. The highest BCUT2D eigenvalue weighted by molar-refractivity contribution is 7.90. The normalized spacial score (nSPS) is 23.5. The smallest absolute Gasteiger partial charge is 0.262 e. The predicted molar refractivity (Wildman–Crippen MR) is 123 cm³/mol.